The highest BCUT2D eigenvalue weighted by Gasteiger charge is 2.20. The number of primary amides is 1. The van der Waals surface area contributed by atoms with Crippen LogP contribution in [-0.2, 0) is 13.5 Å². The molecule has 3 aromatic heterocycles. The first-order valence-electron chi connectivity index (χ1n) is 12.7. The van der Waals surface area contributed by atoms with E-state index in [1.807, 2.05) is 45.2 Å². The van der Waals surface area contributed by atoms with Crippen LogP contribution in [0.3, 0.4) is 0 Å². The Morgan fingerprint density at radius 2 is 1.84 bits per heavy atom. The Labute approximate surface area is 222 Å². The molecule has 200 valence electrons. The van der Waals surface area contributed by atoms with E-state index in [0.717, 1.165) is 48.4 Å². The number of hydrogen-bond donors (Lipinski definition) is 2. The van der Waals surface area contributed by atoms with Gasteiger partial charge in [-0.15, -0.1) is 4.73 Å². The number of amides is 1. The summed E-state index contributed by atoms with van der Waals surface area (Å²) >= 11 is 0. The van der Waals surface area contributed by atoms with E-state index in [9.17, 15) is 9.59 Å². The van der Waals surface area contributed by atoms with E-state index >= 15 is 0 Å². The van der Waals surface area contributed by atoms with Gasteiger partial charge in [-0.3, -0.25) is 9.59 Å². The molecule has 0 aliphatic rings. The van der Waals surface area contributed by atoms with Crippen molar-refractivity contribution in [3.8, 4) is 11.1 Å². The fraction of sp³-hybridized carbons (Fsp3) is 0.357. The Morgan fingerprint density at radius 3 is 2.45 bits per heavy atom. The summed E-state index contributed by atoms with van der Waals surface area (Å²) in [6, 6.07) is 9.59. The first-order chi connectivity index (χ1) is 18.2. The third kappa shape index (κ3) is 4.99. The molecule has 0 saturated carbocycles. The lowest BCUT2D eigenvalue weighted by molar-refractivity contribution is 0.0993. The van der Waals surface area contributed by atoms with Crippen LogP contribution in [0.15, 0.2) is 41.3 Å². The van der Waals surface area contributed by atoms with Crippen LogP contribution in [0.5, 0.6) is 0 Å². The molecule has 0 fully saturated rings. The number of anilines is 2. The van der Waals surface area contributed by atoms with E-state index in [1.54, 1.807) is 16.8 Å². The lowest BCUT2D eigenvalue weighted by Gasteiger charge is -2.17. The van der Waals surface area contributed by atoms with Gasteiger partial charge in [0.25, 0.3) is 11.5 Å². The fourth-order valence-electron chi connectivity index (χ4n) is 4.94. The molecule has 3 N–H and O–H groups in total. The molecule has 1 aromatic carbocycles. The molecule has 0 saturated heterocycles. The predicted molar refractivity (Wildman–Crippen MR) is 150 cm³/mol. The van der Waals surface area contributed by atoms with Crippen molar-refractivity contribution in [1.82, 2.24) is 24.2 Å². The van der Waals surface area contributed by atoms with Gasteiger partial charge in [0.15, 0.2) is 5.65 Å². The SMILES string of the molecule is CCN(CC)CCc1cc(Nc2ncc3cc(-c4c(C)cccc4C)c(=O)n(OC)c3n2)c(C(N)=O)n1C. The lowest BCUT2D eigenvalue weighted by Crippen LogP contribution is -2.27. The number of carbonyl (C=O) groups is 1. The average Bonchev–Trinajstić information content (AvgIpc) is 3.19. The number of hydrogen-bond acceptors (Lipinski definition) is 7. The molecule has 1 amide bonds. The van der Waals surface area contributed by atoms with Gasteiger partial charge in [-0.05, 0) is 55.8 Å². The van der Waals surface area contributed by atoms with Gasteiger partial charge >= 0.3 is 0 Å². The molecule has 10 nitrogen and oxygen atoms in total. The number of likely N-dealkylation sites (N-methyl/N-ethyl adjacent to an activating group) is 1. The topological polar surface area (TPSA) is 120 Å². The van der Waals surface area contributed by atoms with Crippen LogP contribution in [0.25, 0.3) is 22.2 Å². The number of pyridine rings is 1. The van der Waals surface area contributed by atoms with Gasteiger partial charge in [-0.1, -0.05) is 32.0 Å². The molecule has 10 heteroatoms. The molecule has 0 bridgehead atoms. The molecule has 0 aliphatic heterocycles. The normalized spacial score (nSPS) is 11.3. The molecule has 0 aliphatic carbocycles. The zero-order valence-electron chi connectivity index (χ0n) is 22.8. The first kappa shape index (κ1) is 26.9. The number of fused-ring (bicyclic) bond motifs is 1. The van der Waals surface area contributed by atoms with Gasteiger partial charge in [0.05, 0.1) is 11.3 Å². The van der Waals surface area contributed by atoms with Crippen LogP contribution in [0.1, 0.15) is 41.2 Å². The van der Waals surface area contributed by atoms with E-state index in [2.05, 4.69) is 34.0 Å². The van der Waals surface area contributed by atoms with Gasteiger partial charge < -0.3 is 25.4 Å². The average molecular weight is 518 g/mol. The molecular formula is C28H35N7O3. The second-order valence-electron chi connectivity index (χ2n) is 9.30. The largest absolute Gasteiger partial charge is 0.412 e. The molecule has 38 heavy (non-hydrogen) atoms. The number of rotatable bonds is 10. The minimum Gasteiger partial charge on any atom is -0.412 e. The fourth-order valence-corrected chi connectivity index (χ4v) is 4.94. The van der Waals surface area contributed by atoms with E-state index < -0.39 is 5.91 Å². The van der Waals surface area contributed by atoms with Crippen molar-refractivity contribution in [1.29, 1.82) is 0 Å². The number of carbonyl (C=O) groups excluding carboxylic acids is 1. The van der Waals surface area contributed by atoms with Gasteiger partial charge in [-0.25, -0.2) is 4.98 Å². The Bertz CT molecular complexity index is 1530. The summed E-state index contributed by atoms with van der Waals surface area (Å²) in [6.45, 7) is 10.9. The van der Waals surface area contributed by atoms with E-state index in [4.69, 9.17) is 10.6 Å². The summed E-state index contributed by atoms with van der Waals surface area (Å²) in [6.07, 6.45) is 2.38. The highest BCUT2D eigenvalue weighted by molar-refractivity contribution is 5.98. The van der Waals surface area contributed by atoms with Crippen molar-refractivity contribution in [2.24, 2.45) is 12.8 Å². The number of aryl methyl sites for hydroxylation is 2. The molecular weight excluding hydrogens is 482 g/mol. The van der Waals surface area contributed by atoms with Crippen LogP contribution >= 0.6 is 0 Å². The summed E-state index contributed by atoms with van der Waals surface area (Å²) in [7, 11) is 3.25. The van der Waals surface area contributed by atoms with Crippen molar-refractivity contribution in [3.05, 3.63) is 69.4 Å². The van der Waals surface area contributed by atoms with Crippen molar-refractivity contribution in [2.45, 2.75) is 34.1 Å². The zero-order valence-corrected chi connectivity index (χ0v) is 22.8. The third-order valence-electron chi connectivity index (χ3n) is 7.03. The monoisotopic (exact) mass is 517 g/mol. The quantitative estimate of drug-likeness (QED) is 0.331. The predicted octanol–water partition coefficient (Wildman–Crippen LogP) is 3.20. The van der Waals surface area contributed by atoms with Crippen LogP contribution in [0, 0.1) is 13.8 Å². The molecule has 4 aromatic rings. The lowest BCUT2D eigenvalue weighted by atomic mass is 9.96. The smallest absolute Gasteiger partial charge is 0.292 e. The molecule has 0 spiro atoms. The summed E-state index contributed by atoms with van der Waals surface area (Å²) in [5.74, 6) is -0.345. The molecule has 0 atom stereocenters. The number of nitrogens with zero attached hydrogens (tertiary/aromatic N) is 5. The number of nitrogens with one attached hydrogen (secondary N) is 1. The zero-order chi connectivity index (χ0) is 27.6. The number of benzene rings is 1. The maximum Gasteiger partial charge on any atom is 0.292 e. The van der Waals surface area contributed by atoms with E-state index in [1.165, 1.54) is 11.8 Å². The van der Waals surface area contributed by atoms with Gasteiger partial charge in [-0.2, -0.15) is 4.98 Å². The maximum atomic E-state index is 13.4. The van der Waals surface area contributed by atoms with E-state index in [0.29, 0.717) is 28.0 Å². The van der Waals surface area contributed by atoms with Crippen molar-refractivity contribution in [3.63, 3.8) is 0 Å². The molecule has 3 heterocycles. The van der Waals surface area contributed by atoms with Crippen LogP contribution in [0.4, 0.5) is 11.6 Å². The summed E-state index contributed by atoms with van der Waals surface area (Å²) in [4.78, 5) is 42.6. The van der Waals surface area contributed by atoms with Gasteiger partial charge in [0.2, 0.25) is 5.95 Å². The summed E-state index contributed by atoms with van der Waals surface area (Å²) in [5.41, 5.74) is 10.9. The molecule has 0 unspecified atom stereocenters. The van der Waals surface area contributed by atoms with Crippen molar-refractivity contribution < 1.29 is 9.63 Å². The van der Waals surface area contributed by atoms with Crippen molar-refractivity contribution in [2.75, 3.05) is 32.1 Å². The first-order valence-corrected chi connectivity index (χ1v) is 12.7. The summed E-state index contributed by atoms with van der Waals surface area (Å²) in [5, 5.41) is 3.77. The maximum absolute atomic E-state index is 13.4. The highest BCUT2D eigenvalue weighted by Crippen LogP contribution is 2.28. The highest BCUT2D eigenvalue weighted by atomic mass is 16.6. The third-order valence-corrected chi connectivity index (χ3v) is 7.03. The number of nitrogens with two attached hydrogens (primary N) is 1. The van der Waals surface area contributed by atoms with Gasteiger partial charge in [0, 0.05) is 37.3 Å². The van der Waals surface area contributed by atoms with Gasteiger partial charge in [0.1, 0.15) is 12.8 Å². The van der Waals surface area contributed by atoms with Crippen molar-refractivity contribution >= 4 is 28.6 Å². The van der Waals surface area contributed by atoms with E-state index in [-0.39, 0.29) is 11.5 Å². The summed E-state index contributed by atoms with van der Waals surface area (Å²) < 4.78 is 2.97. The molecule has 0 radical (unpaired) electrons. The number of aromatic nitrogens is 4. The molecule has 4 rings (SSSR count). The van der Waals surface area contributed by atoms with Crippen LogP contribution in [0.2, 0.25) is 0 Å². The second kappa shape index (κ2) is 11.1. The Hall–Kier alpha value is -4.18. The Balaban J connectivity index is 1.75. The minimum atomic E-state index is -0.558. The Morgan fingerprint density at radius 1 is 1.16 bits per heavy atom. The Kier molecular flexibility index (Phi) is 7.82. The minimum absolute atomic E-state index is 0.214. The standard InChI is InChI=1S/C28H35N7O3/c1-7-34(8-2)13-12-20-15-22(24(25(29)36)33(20)5)31-28-30-16-19-14-21(23-17(3)10-9-11-18(23)4)27(37)35(38-6)26(19)32-28/h9-11,14-16H,7-8,12-13H2,1-6H3,(H2,29,36)(H,30,31,32). The van der Waals surface area contributed by atoms with Crippen LogP contribution < -0.4 is 21.4 Å². The second-order valence-corrected chi connectivity index (χ2v) is 9.30. The van der Waals surface area contributed by atoms with Crippen LogP contribution in [-0.4, -0.2) is 56.8 Å².